The van der Waals surface area contributed by atoms with Crippen molar-refractivity contribution in [1.82, 2.24) is 9.21 Å². The molecule has 0 heterocycles. The van der Waals surface area contributed by atoms with Gasteiger partial charge in [-0.15, -0.1) is 0 Å². The lowest BCUT2D eigenvalue weighted by molar-refractivity contribution is 0.156. The Bertz CT molecular complexity index is 578. The third kappa shape index (κ3) is 4.09. The summed E-state index contributed by atoms with van der Waals surface area (Å²) < 4.78 is 25.8. The van der Waals surface area contributed by atoms with Gasteiger partial charge in [0, 0.05) is 26.7 Å². The molecule has 1 fully saturated rings. The lowest BCUT2D eigenvalue weighted by Gasteiger charge is -2.33. The van der Waals surface area contributed by atoms with Crippen LogP contribution in [-0.2, 0) is 16.6 Å². The first-order valence-corrected chi connectivity index (χ1v) is 9.64. The van der Waals surface area contributed by atoms with Gasteiger partial charge in [0.25, 0.3) is 0 Å². The number of rotatable bonds is 6. The molecule has 4 nitrogen and oxygen atoms in total. The maximum absolute atomic E-state index is 12.3. The zero-order valence-electron chi connectivity index (χ0n) is 14.0. The Morgan fingerprint density at radius 1 is 1.14 bits per heavy atom. The number of hydrogen-bond donors (Lipinski definition) is 0. The van der Waals surface area contributed by atoms with Gasteiger partial charge in [-0.1, -0.05) is 38.3 Å². The normalized spacial score (nSPS) is 17.3. The Hall–Kier alpha value is -0.910. The molecule has 1 aliphatic carbocycles. The van der Waals surface area contributed by atoms with Crippen LogP contribution in [0.3, 0.4) is 0 Å². The Kier molecular flexibility index (Phi) is 6.01. The molecule has 22 heavy (non-hydrogen) atoms. The van der Waals surface area contributed by atoms with Gasteiger partial charge in [0.1, 0.15) is 0 Å². The first-order chi connectivity index (χ1) is 10.4. The minimum atomic E-state index is -3.35. The first kappa shape index (κ1) is 17.4. The van der Waals surface area contributed by atoms with Gasteiger partial charge in [-0.05, 0) is 37.1 Å². The highest BCUT2D eigenvalue weighted by Crippen LogP contribution is 2.24. The van der Waals surface area contributed by atoms with Crippen LogP contribution in [0.1, 0.15) is 44.6 Å². The number of nitrogens with zero attached hydrogens (tertiary/aromatic N) is 2. The Morgan fingerprint density at radius 2 is 1.82 bits per heavy atom. The first-order valence-electron chi connectivity index (χ1n) is 8.20. The molecule has 0 atom stereocenters. The van der Waals surface area contributed by atoms with Crippen molar-refractivity contribution >= 4 is 10.0 Å². The molecule has 0 unspecified atom stereocenters. The lowest BCUT2D eigenvalue weighted by Crippen LogP contribution is -2.36. The van der Waals surface area contributed by atoms with Crippen LogP contribution in [0.4, 0.5) is 0 Å². The molecule has 0 saturated heterocycles. The van der Waals surface area contributed by atoms with Crippen molar-refractivity contribution in [2.24, 2.45) is 0 Å². The Morgan fingerprint density at radius 3 is 2.41 bits per heavy atom. The summed E-state index contributed by atoms with van der Waals surface area (Å²) in [5.74, 6) is 0. The summed E-state index contributed by atoms with van der Waals surface area (Å²) in [6, 6.07) is 8.02. The molecule has 2 rings (SSSR count). The summed E-state index contributed by atoms with van der Waals surface area (Å²) in [5.41, 5.74) is 1.08. The van der Waals surface area contributed by atoms with Gasteiger partial charge in [0.05, 0.1) is 4.90 Å². The van der Waals surface area contributed by atoms with Crippen molar-refractivity contribution in [3.05, 3.63) is 29.8 Å². The van der Waals surface area contributed by atoms with Crippen molar-refractivity contribution in [1.29, 1.82) is 0 Å². The van der Waals surface area contributed by atoms with Gasteiger partial charge >= 0.3 is 0 Å². The van der Waals surface area contributed by atoms with Crippen LogP contribution in [0, 0.1) is 0 Å². The molecule has 0 aliphatic heterocycles. The van der Waals surface area contributed by atoms with Crippen LogP contribution >= 0.6 is 0 Å². The molecular formula is C17H28N2O2S. The van der Waals surface area contributed by atoms with Gasteiger partial charge in [-0.3, -0.25) is 4.90 Å². The highest BCUT2D eigenvalue weighted by Gasteiger charge is 2.21. The van der Waals surface area contributed by atoms with E-state index < -0.39 is 10.0 Å². The fourth-order valence-electron chi connectivity index (χ4n) is 3.19. The number of benzene rings is 1. The largest absolute Gasteiger partial charge is 0.296 e. The van der Waals surface area contributed by atoms with E-state index in [1.807, 2.05) is 18.2 Å². The molecular weight excluding hydrogens is 296 g/mol. The third-order valence-corrected chi connectivity index (χ3v) is 6.37. The van der Waals surface area contributed by atoms with E-state index in [2.05, 4.69) is 11.8 Å². The Balaban J connectivity index is 2.15. The number of hydrogen-bond acceptors (Lipinski definition) is 3. The SMILES string of the molecule is CCN(Cc1cccc(S(=O)(=O)N(C)C)c1)C1CCCCC1. The molecule has 1 aromatic rings. The molecule has 0 radical (unpaired) electrons. The molecule has 1 aliphatic rings. The summed E-state index contributed by atoms with van der Waals surface area (Å²) in [5, 5.41) is 0. The Labute approximate surface area is 135 Å². The fraction of sp³-hybridized carbons (Fsp3) is 0.647. The van der Waals surface area contributed by atoms with E-state index >= 15 is 0 Å². The van der Waals surface area contributed by atoms with Gasteiger partial charge in [0.15, 0.2) is 0 Å². The summed E-state index contributed by atoms with van der Waals surface area (Å²) in [4.78, 5) is 2.87. The highest BCUT2D eigenvalue weighted by molar-refractivity contribution is 7.89. The second-order valence-corrected chi connectivity index (χ2v) is 8.44. The maximum Gasteiger partial charge on any atom is 0.242 e. The third-order valence-electron chi connectivity index (χ3n) is 4.56. The monoisotopic (exact) mass is 324 g/mol. The van der Waals surface area contributed by atoms with Crippen LogP contribution in [-0.4, -0.2) is 44.3 Å². The molecule has 0 aromatic heterocycles. The molecule has 124 valence electrons. The van der Waals surface area contributed by atoms with Gasteiger partial charge < -0.3 is 0 Å². The molecule has 5 heteroatoms. The molecule has 0 spiro atoms. The quantitative estimate of drug-likeness (QED) is 0.807. The minimum Gasteiger partial charge on any atom is -0.296 e. The van der Waals surface area contributed by atoms with Crippen LogP contribution < -0.4 is 0 Å². The van der Waals surface area contributed by atoms with Crippen LogP contribution in [0.5, 0.6) is 0 Å². The standard InChI is InChI=1S/C17H28N2O2S/c1-4-19(16-10-6-5-7-11-16)14-15-9-8-12-17(13-15)22(20,21)18(2)3/h8-9,12-13,16H,4-7,10-11,14H2,1-3H3. The van der Waals surface area contributed by atoms with E-state index in [4.69, 9.17) is 0 Å². The zero-order chi connectivity index (χ0) is 16.2. The topological polar surface area (TPSA) is 40.6 Å². The summed E-state index contributed by atoms with van der Waals surface area (Å²) in [6.45, 7) is 4.03. The average molecular weight is 324 g/mol. The average Bonchev–Trinajstić information content (AvgIpc) is 2.53. The smallest absolute Gasteiger partial charge is 0.242 e. The molecule has 0 bridgehead atoms. The van der Waals surface area contributed by atoms with Crippen molar-refractivity contribution in [3.8, 4) is 0 Å². The predicted octanol–water partition coefficient (Wildman–Crippen LogP) is 3.09. The minimum absolute atomic E-state index is 0.384. The summed E-state index contributed by atoms with van der Waals surface area (Å²) in [6.07, 6.45) is 6.52. The van der Waals surface area contributed by atoms with E-state index in [0.717, 1.165) is 18.7 Å². The zero-order valence-corrected chi connectivity index (χ0v) is 14.8. The number of sulfonamides is 1. The second kappa shape index (κ2) is 7.57. The van der Waals surface area contributed by atoms with Crippen molar-refractivity contribution in [2.45, 2.75) is 56.5 Å². The summed E-state index contributed by atoms with van der Waals surface area (Å²) >= 11 is 0. The predicted molar refractivity (Wildman–Crippen MR) is 90.3 cm³/mol. The van der Waals surface area contributed by atoms with Crippen molar-refractivity contribution < 1.29 is 8.42 Å². The van der Waals surface area contributed by atoms with Gasteiger partial charge in [-0.25, -0.2) is 12.7 Å². The van der Waals surface area contributed by atoms with E-state index in [9.17, 15) is 8.42 Å². The molecule has 1 aromatic carbocycles. The van der Waals surface area contributed by atoms with Gasteiger partial charge in [0.2, 0.25) is 10.0 Å². The van der Waals surface area contributed by atoms with E-state index in [-0.39, 0.29) is 0 Å². The summed E-state index contributed by atoms with van der Waals surface area (Å²) in [7, 11) is -0.208. The van der Waals surface area contributed by atoms with Gasteiger partial charge in [-0.2, -0.15) is 0 Å². The van der Waals surface area contributed by atoms with Crippen LogP contribution in [0.25, 0.3) is 0 Å². The molecule has 0 amide bonds. The molecule has 0 N–H and O–H groups in total. The molecule has 1 saturated carbocycles. The van der Waals surface area contributed by atoms with E-state index in [1.54, 1.807) is 20.2 Å². The van der Waals surface area contributed by atoms with Crippen LogP contribution in [0.2, 0.25) is 0 Å². The van der Waals surface area contributed by atoms with E-state index in [0.29, 0.717) is 10.9 Å². The lowest BCUT2D eigenvalue weighted by atomic mass is 9.94. The fourth-order valence-corrected chi connectivity index (χ4v) is 4.17. The van der Waals surface area contributed by atoms with Crippen molar-refractivity contribution in [3.63, 3.8) is 0 Å². The second-order valence-electron chi connectivity index (χ2n) is 6.29. The highest BCUT2D eigenvalue weighted by atomic mass is 32.2. The van der Waals surface area contributed by atoms with Crippen molar-refractivity contribution in [2.75, 3.05) is 20.6 Å². The van der Waals surface area contributed by atoms with E-state index in [1.165, 1.54) is 36.4 Å². The van der Waals surface area contributed by atoms with Crippen LogP contribution in [0.15, 0.2) is 29.2 Å². The maximum atomic E-state index is 12.3.